The molecule has 0 saturated carbocycles. The first-order valence-corrected chi connectivity index (χ1v) is 11.8. The van der Waals surface area contributed by atoms with E-state index in [9.17, 15) is 5.11 Å². The smallest absolute Gasteiger partial charge is 0.227 e. The number of morpholine rings is 1. The molecule has 1 aromatic carbocycles. The van der Waals surface area contributed by atoms with Gasteiger partial charge in [-0.25, -0.2) is 9.97 Å². The summed E-state index contributed by atoms with van der Waals surface area (Å²) in [5.41, 5.74) is 5.10. The highest BCUT2D eigenvalue weighted by Gasteiger charge is 2.35. The fraction of sp³-hybridized carbons (Fsp3) is 0.400. The molecule has 0 radical (unpaired) electrons. The molecule has 9 heteroatoms. The molecule has 34 heavy (non-hydrogen) atoms. The molecule has 2 N–H and O–H groups in total. The van der Waals surface area contributed by atoms with E-state index in [1.807, 2.05) is 24.4 Å². The quantitative estimate of drug-likeness (QED) is 0.546. The lowest BCUT2D eigenvalue weighted by Gasteiger charge is -2.31. The van der Waals surface area contributed by atoms with E-state index in [4.69, 9.17) is 26.1 Å². The lowest BCUT2D eigenvalue weighted by molar-refractivity contribution is 0.122. The van der Waals surface area contributed by atoms with Gasteiger partial charge in [0.05, 0.1) is 44.0 Å². The van der Waals surface area contributed by atoms with Crippen molar-refractivity contribution < 1.29 is 14.6 Å². The molecule has 3 heterocycles. The van der Waals surface area contributed by atoms with E-state index < -0.39 is 0 Å². The van der Waals surface area contributed by atoms with Crippen LogP contribution in [0.1, 0.15) is 24.6 Å². The third kappa shape index (κ3) is 4.29. The molecule has 1 aliphatic heterocycles. The fourth-order valence-corrected chi connectivity index (χ4v) is 4.89. The molecule has 1 atom stereocenters. The number of aliphatic hydroxyl groups is 1. The van der Waals surface area contributed by atoms with E-state index in [0.29, 0.717) is 35.6 Å². The lowest BCUT2D eigenvalue weighted by Crippen LogP contribution is -2.36. The highest BCUT2D eigenvalue weighted by atomic mass is 35.5. The predicted octanol–water partition coefficient (Wildman–Crippen LogP) is 3.98. The van der Waals surface area contributed by atoms with Gasteiger partial charge in [-0.3, -0.25) is 4.98 Å². The number of anilines is 3. The SMILES string of the molecule is COc1c(Nc2nccc(-c3cnc4c(c3)C(C)(CO)CC4)n2)cc(Cl)cc1N1CCOCC1. The summed E-state index contributed by atoms with van der Waals surface area (Å²) in [5.74, 6) is 1.11. The largest absolute Gasteiger partial charge is 0.492 e. The van der Waals surface area contributed by atoms with Crippen LogP contribution in [-0.4, -0.2) is 60.1 Å². The Morgan fingerprint density at radius 1 is 1.24 bits per heavy atom. The molecule has 1 unspecified atom stereocenters. The number of ether oxygens (including phenoxy) is 2. The lowest BCUT2D eigenvalue weighted by atomic mass is 9.85. The molecule has 1 saturated heterocycles. The van der Waals surface area contributed by atoms with Crippen LogP contribution in [0.15, 0.2) is 36.7 Å². The maximum Gasteiger partial charge on any atom is 0.227 e. The molecule has 0 spiro atoms. The molecular formula is C25H28ClN5O3. The third-order valence-electron chi connectivity index (χ3n) is 6.67. The van der Waals surface area contributed by atoms with Gasteiger partial charge in [0, 0.05) is 47.2 Å². The van der Waals surface area contributed by atoms with Gasteiger partial charge in [-0.2, -0.15) is 0 Å². The zero-order valence-corrected chi connectivity index (χ0v) is 20.1. The number of aromatic nitrogens is 3. The van der Waals surface area contributed by atoms with Crippen LogP contribution in [0.25, 0.3) is 11.3 Å². The molecule has 1 aliphatic carbocycles. The maximum atomic E-state index is 9.93. The molecule has 3 aromatic rings. The zero-order valence-electron chi connectivity index (χ0n) is 19.3. The van der Waals surface area contributed by atoms with E-state index in [2.05, 4.69) is 33.2 Å². The van der Waals surface area contributed by atoms with Gasteiger partial charge in [0.25, 0.3) is 0 Å². The number of halogens is 1. The van der Waals surface area contributed by atoms with Crippen LogP contribution >= 0.6 is 11.6 Å². The molecule has 2 aromatic heterocycles. The Hall–Kier alpha value is -2.94. The van der Waals surface area contributed by atoms with Gasteiger partial charge >= 0.3 is 0 Å². The Kier molecular flexibility index (Phi) is 6.29. The summed E-state index contributed by atoms with van der Waals surface area (Å²) in [4.78, 5) is 16.0. The second kappa shape index (κ2) is 9.37. The average Bonchev–Trinajstić information content (AvgIpc) is 3.21. The standard InChI is InChI=1S/C25H28ClN5O3/c1-25(15-32)5-3-20-18(25)11-16(14-28-20)19-4-6-27-24(29-19)30-21-12-17(26)13-22(23(21)33-2)31-7-9-34-10-8-31/h4,6,11-14,32H,3,5,7-10,15H2,1-2H3,(H,27,29,30). The van der Waals surface area contributed by atoms with Crippen molar-refractivity contribution >= 4 is 28.9 Å². The van der Waals surface area contributed by atoms with Gasteiger partial charge in [0.1, 0.15) is 0 Å². The van der Waals surface area contributed by atoms with Crippen molar-refractivity contribution in [3.63, 3.8) is 0 Å². The summed E-state index contributed by atoms with van der Waals surface area (Å²) in [6, 6.07) is 7.66. The van der Waals surface area contributed by atoms with Crippen molar-refractivity contribution in [3.8, 4) is 17.0 Å². The number of nitrogens with one attached hydrogen (secondary N) is 1. The fourth-order valence-electron chi connectivity index (χ4n) is 4.67. The molecule has 0 amide bonds. The highest BCUT2D eigenvalue weighted by Crippen LogP contribution is 2.41. The molecule has 0 bridgehead atoms. The van der Waals surface area contributed by atoms with Gasteiger partial charge in [-0.15, -0.1) is 0 Å². The van der Waals surface area contributed by atoms with E-state index in [1.165, 1.54) is 0 Å². The van der Waals surface area contributed by atoms with Crippen molar-refractivity contribution in [2.24, 2.45) is 0 Å². The van der Waals surface area contributed by atoms with Crippen molar-refractivity contribution in [2.45, 2.75) is 25.2 Å². The van der Waals surface area contributed by atoms with E-state index >= 15 is 0 Å². The first-order chi connectivity index (χ1) is 16.5. The number of aryl methyl sites for hydroxylation is 1. The summed E-state index contributed by atoms with van der Waals surface area (Å²) < 4.78 is 11.2. The minimum absolute atomic E-state index is 0.0990. The number of nitrogens with zero attached hydrogens (tertiary/aromatic N) is 4. The first-order valence-electron chi connectivity index (χ1n) is 11.4. The van der Waals surface area contributed by atoms with Crippen LogP contribution in [0.4, 0.5) is 17.3 Å². The van der Waals surface area contributed by atoms with E-state index in [-0.39, 0.29) is 12.0 Å². The Morgan fingerprint density at radius 3 is 2.82 bits per heavy atom. The maximum absolute atomic E-state index is 9.93. The minimum atomic E-state index is -0.267. The van der Waals surface area contributed by atoms with Crippen molar-refractivity contribution in [3.05, 3.63) is 52.9 Å². The monoisotopic (exact) mass is 481 g/mol. The first kappa shape index (κ1) is 22.8. The van der Waals surface area contributed by atoms with Crippen molar-refractivity contribution in [1.29, 1.82) is 0 Å². The summed E-state index contributed by atoms with van der Waals surface area (Å²) >= 11 is 6.46. The van der Waals surface area contributed by atoms with Gasteiger partial charge in [0.2, 0.25) is 5.95 Å². The summed E-state index contributed by atoms with van der Waals surface area (Å²) in [6.07, 6.45) is 5.32. The molecular weight excluding hydrogens is 454 g/mol. The Balaban J connectivity index is 1.47. The Bertz CT molecular complexity index is 1200. The number of fused-ring (bicyclic) bond motifs is 1. The Labute approximate surface area is 203 Å². The molecule has 178 valence electrons. The summed E-state index contributed by atoms with van der Waals surface area (Å²) in [7, 11) is 1.64. The summed E-state index contributed by atoms with van der Waals surface area (Å²) in [5, 5.41) is 13.8. The second-order valence-corrected chi connectivity index (χ2v) is 9.37. The van der Waals surface area contributed by atoms with Crippen LogP contribution in [0, 0.1) is 0 Å². The summed E-state index contributed by atoms with van der Waals surface area (Å²) in [6.45, 7) is 5.03. The highest BCUT2D eigenvalue weighted by molar-refractivity contribution is 6.31. The topological polar surface area (TPSA) is 92.6 Å². The number of aliphatic hydroxyl groups excluding tert-OH is 1. The number of methoxy groups -OCH3 is 1. The van der Waals surface area contributed by atoms with Gasteiger partial charge < -0.3 is 24.8 Å². The van der Waals surface area contributed by atoms with Gasteiger partial charge in [-0.1, -0.05) is 18.5 Å². The normalized spacial score (nSPS) is 19.7. The average molecular weight is 482 g/mol. The van der Waals surface area contributed by atoms with Crippen molar-refractivity contribution in [2.75, 3.05) is 50.2 Å². The van der Waals surface area contributed by atoms with Crippen molar-refractivity contribution in [1.82, 2.24) is 15.0 Å². The number of hydrogen-bond donors (Lipinski definition) is 2. The van der Waals surface area contributed by atoms with Crippen LogP contribution in [0.5, 0.6) is 5.75 Å². The van der Waals surface area contributed by atoms with E-state index in [0.717, 1.165) is 54.1 Å². The van der Waals surface area contributed by atoms with Gasteiger partial charge in [-0.05, 0) is 42.7 Å². The van der Waals surface area contributed by atoms with E-state index in [1.54, 1.807) is 13.3 Å². The zero-order chi connectivity index (χ0) is 23.7. The van der Waals surface area contributed by atoms with Gasteiger partial charge in [0.15, 0.2) is 5.75 Å². The predicted molar refractivity (Wildman–Crippen MR) is 132 cm³/mol. The molecule has 5 rings (SSSR count). The van der Waals surface area contributed by atoms with Crippen LogP contribution < -0.4 is 15.0 Å². The van der Waals surface area contributed by atoms with Crippen LogP contribution in [-0.2, 0) is 16.6 Å². The Morgan fingerprint density at radius 2 is 2.06 bits per heavy atom. The molecule has 8 nitrogen and oxygen atoms in total. The molecule has 2 aliphatic rings. The minimum Gasteiger partial charge on any atom is -0.492 e. The second-order valence-electron chi connectivity index (χ2n) is 8.93. The van der Waals surface area contributed by atoms with Crippen LogP contribution in [0.2, 0.25) is 5.02 Å². The number of pyridine rings is 1. The number of rotatable bonds is 6. The van der Waals surface area contributed by atoms with Crippen LogP contribution in [0.3, 0.4) is 0 Å². The number of hydrogen-bond acceptors (Lipinski definition) is 8. The molecule has 1 fully saturated rings. The number of benzene rings is 1. The third-order valence-corrected chi connectivity index (χ3v) is 6.89.